The van der Waals surface area contributed by atoms with Crippen LogP contribution in [0.5, 0.6) is 0 Å². The zero-order chi connectivity index (χ0) is 31.9. The van der Waals surface area contributed by atoms with Gasteiger partial charge >= 0.3 is 6.09 Å². The van der Waals surface area contributed by atoms with Crippen LogP contribution in [-0.4, -0.2) is 54.0 Å². The van der Waals surface area contributed by atoms with Crippen molar-refractivity contribution in [3.8, 4) is 0 Å². The van der Waals surface area contributed by atoms with Crippen LogP contribution in [0.15, 0.2) is 109 Å². The first-order valence-electron chi connectivity index (χ1n) is 15.6. The Labute approximate surface area is 268 Å². The van der Waals surface area contributed by atoms with Gasteiger partial charge in [0, 0.05) is 25.2 Å². The summed E-state index contributed by atoms with van der Waals surface area (Å²) in [6, 6.07) is 34.4. The maximum Gasteiger partial charge on any atom is 0.407 e. The fourth-order valence-electron chi connectivity index (χ4n) is 6.22. The number of methoxy groups -OCH3 is 1. The van der Waals surface area contributed by atoms with Crippen LogP contribution >= 0.6 is 0 Å². The number of para-hydroxylation sites is 3. The van der Waals surface area contributed by atoms with Crippen molar-refractivity contribution >= 4 is 28.7 Å². The summed E-state index contributed by atoms with van der Waals surface area (Å²) in [6.07, 6.45) is 0.818. The Balaban J connectivity index is 1.15. The molecular formula is C37H39N5O4. The fraction of sp³-hybridized carbons (Fsp3) is 0.270. The Morgan fingerprint density at radius 1 is 0.935 bits per heavy atom. The normalized spacial score (nSPS) is 17.0. The standard InChI is InChI=1S/C37H39N5O4/c1-42-32-20-12-11-19-30(32)39-35(42)31-24-46-28(23-38-31)22-21-25-13-9-10-18-29(25)40-36(43)34(41-37(44)45-2)33(26-14-5-3-6-15-26)27-16-7-4-8-17-27/h3-20,28,31,33-34,38H,21-24H2,1-2H3,(H,40,43)(H,41,44)/t28-,31+,34+/m1/s1. The van der Waals surface area contributed by atoms with Gasteiger partial charge in [0.15, 0.2) is 0 Å². The van der Waals surface area contributed by atoms with Gasteiger partial charge in [-0.2, -0.15) is 0 Å². The lowest BCUT2D eigenvalue weighted by Gasteiger charge is -2.30. The smallest absolute Gasteiger partial charge is 0.407 e. The molecule has 1 aromatic heterocycles. The first kappa shape index (κ1) is 31.0. The molecule has 0 saturated carbocycles. The lowest BCUT2D eigenvalue weighted by Crippen LogP contribution is -2.48. The summed E-state index contributed by atoms with van der Waals surface area (Å²) < 4.78 is 13.4. The first-order valence-corrected chi connectivity index (χ1v) is 15.6. The van der Waals surface area contributed by atoms with Crippen molar-refractivity contribution in [3.05, 3.63) is 132 Å². The highest BCUT2D eigenvalue weighted by Crippen LogP contribution is 2.30. The van der Waals surface area contributed by atoms with E-state index in [9.17, 15) is 9.59 Å². The van der Waals surface area contributed by atoms with Crippen molar-refractivity contribution in [1.29, 1.82) is 0 Å². The van der Waals surface area contributed by atoms with Crippen LogP contribution in [0, 0.1) is 0 Å². The summed E-state index contributed by atoms with van der Waals surface area (Å²) in [5.74, 6) is 0.184. The molecule has 1 saturated heterocycles. The Morgan fingerprint density at radius 3 is 2.24 bits per heavy atom. The number of carbonyl (C=O) groups excluding carboxylic acids is 2. The number of hydrogen-bond acceptors (Lipinski definition) is 6. The lowest BCUT2D eigenvalue weighted by molar-refractivity contribution is -0.118. The molecular weight excluding hydrogens is 578 g/mol. The van der Waals surface area contributed by atoms with Gasteiger partial charge in [-0.1, -0.05) is 91.0 Å². The molecule has 1 aliphatic heterocycles. The van der Waals surface area contributed by atoms with Gasteiger partial charge < -0.3 is 30.0 Å². The van der Waals surface area contributed by atoms with Crippen LogP contribution < -0.4 is 16.0 Å². The van der Waals surface area contributed by atoms with E-state index in [1.165, 1.54) is 7.11 Å². The van der Waals surface area contributed by atoms with Gasteiger partial charge in [0.05, 0.1) is 36.9 Å². The molecule has 3 atom stereocenters. The van der Waals surface area contributed by atoms with Gasteiger partial charge in [-0.15, -0.1) is 0 Å². The van der Waals surface area contributed by atoms with E-state index in [-0.39, 0.29) is 18.1 Å². The highest BCUT2D eigenvalue weighted by atomic mass is 16.5. The predicted molar refractivity (Wildman–Crippen MR) is 179 cm³/mol. The minimum atomic E-state index is -0.934. The topological polar surface area (TPSA) is 107 Å². The van der Waals surface area contributed by atoms with Gasteiger partial charge in [-0.05, 0) is 47.7 Å². The number of ether oxygens (including phenoxy) is 2. The van der Waals surface area contributed by atoms with Crippen LogP contribution in [0.3, 0.4) is 0 Å². The number of imidazole rings is 1. The van der Waals surface area contributed by atoms with Gasteiger partial charge in [-0.3, -0.25) is 4.79 Å². The van der Waals surface area contributed by atoms with Gasteiger partial charge in [0.25, 0.3) is 0 Å². The second kappa shape index (κ2) is 14.4. The number of morpholine rings is 1. The van der Waals surface area contributed by atoms with Crippen molar-refractivity contribution in [2.75, 3.05) is 25.6 Å². The van der Waals surface area contributed by atoms with E-state index in [1.807, 2.05) is 110 Å². The van der Waals surface area contributed by atoms with Gasteiger partial charge in [0.2, 0.25) is 5.91 Å². The number of aryl methyl sites for hydroxylation is 2. The maximum absolute atomic E-state index is 14.0. The lowest BCUT2D eigenvalue weighted by atomic mass is 9.84. The average Bonchev–Trinajstić information content (AvgIpc) is 3.44. The van der Waals surface area contributed by atoms with Crippen LogP contribution in [0.2, 0.25) is 0 Å². The summed E-state index contributed by atoms with van der Waals surface area (Å²) in [5, 5.41) is 9.55. The highest BCUT2D eigenvalue weighted by molar-refractivity contribution is 5.98. The molecule has 0 bridgehead atoms. The fourth-order valence-corrected chi connectivity index (χ4v) is 6.22. The third kappa shape index (κ3) is 6.96. The van der Waals surface area contributed by atoms with E-state index in [0.29, 0.717) is 25.3 Å². The third-order valence-corrected chi connectivity index (χ3v) is 8.63. The minimum Gasteiger partial charge on any atom is -0.453 e. The van der Waals surface area contributed by atoms with Crippen LogP contribution in [-0.2, 0) is 27.7 Å². The maximum atomic E-state index is 14.0. The average molecular weight is 618 g/mol. The molecule has 0 aliphatic carbocycles. The van der Waals surface area contributed by atoms with E-state index < -0.39 is 18.1 Å². The molecule has 1 aliphatic rings. The predicted octanol–water partition coefficient (Wildman–Crippen LogP) is 5.73. The number of carbonyl (C=O) groups is 2. The minimum absolute atomic E-state index is 0.0154. The molecule has 9 nitrogen and oxygen atoms in total. The molecule has 5 aromatic rings. The number of fused-ring (bicyclic) bond motifs is 1. The van der Waals surface area contributed by atoms with Crippen molar-refractivity contribution in [3.63, 3.8) is 0 Å². The monoisotopic (exact) mass is 617 g/mol. The molecule has 9 heteroatoms. The van der Waals surface area contributed by atoms with E-state index in [1.54, 1.807) is 0 Å². The third-order valence-electron chi connectivity index (χ3n) is 8.63. The van der Waals surface area contributed by atoms with Crippen molar-refractivity contribution < 1.29 is 19.1 Å². The van der Waals surface area contributed by atoms with Gasteiger partial charge in [-0.25, -0.2) is 9.78 Å². The zero-order valence-electron chi connectivity index (χ0n) is 26.1. The molecule has 236 valence electrons. The molecule has 4 aromatic carbocycles. The van der Waals surface area contributed by atoms with E-state index >= 15 is 0 Å². The molecule has 2 amide bonds. The van der Waals surface area contributed by atoms with Crippen molar-refractivity contribution in [1.82, 2.24) is 20.2 Å². The number of anilines is 1. The van der Waals surface area contributed by atoms with E-state index in [0.717, 1.165) is 40.0 Å². The molecule has 46 heavy (non-hydrogen) atoms. The number of aromatic nitrogens is 2. The number of hydrogen-bond donors (Lipinski definition) is 3. The SMILES string of the molecule is COC(=O)N[C@H](C(=O)Nc1ccccc1CC[C@@H]1CN[C@H](c2nc3ccccc3n2C)CO1)C(c1ccccc1)c1ccccc1. The zero-order valence-corrected chi connectivity index (χ0v) is 26.1. The van der Waals surface area contributed by atoms with Crippen LogP contribution in [0.1, 0.15) is 40.9 Å². The molecule has 1 fully saturated rings. The van der Waals surface area contributed by atoms with Crippen LogP contribution in [0.25, 0.3) is 11.0 Å². The van der Waals surface area contributed by atoms with Crippen LogP contribution in [0.4, 0.5) is 10.5 Å². The number of benzene rings is 4. The Hall–Kier alpha value is -4.99. The summed E-state index contributed by atoms with van der Waals surface area (Å²) in [6.45, 7) is 1.23. The van der Waals surface area contributed by atoms with E-state index in [4.69, 9.17) is 14.5 Å². The number of nitrogens with one attached hydrogen (secondary N) is 3. The number of amides is 2. The first-order chi connectivity index (χ1) is 22.5. The summed E-state index contributed by atoms with van der Waals surface area (Å²) in [7, 11) is 3.33. The van der Waals surface area contributed by atoms with Crippen molar-refractivity contribution in [2.24, 2.45) is 7.05 Å². The Kier molecular flexibility index (Phi) is 9.71. The molecule has 0 spiro atoms. The molecule has 2 heterocycles. The number of alkyl carbamates (subject to hydrolysis) is 1. The summed E-state index contributed by atoms with van der Waals surface area (Å²) >= 11 is 0. The van der Waals surface area contributed by atoms with Crippen molar-refractivity contribution in [2.45, 2.75) is 36.9 Å². The number of rotatable bonds is 10. The second-order valence-electron chi connectivity index (χ2n) is 11.5. The Morgan fingerprint density at radius 2 is 1.59 bits per heavy atom. The van der Waals surface area contributed by atoms with E-state index in [2.05, 4.69) is 26.6 Å². The molecule has 6 rings (SSSR count). The quantitative estimate of drug-likeness (QED) is 0.185. The summed E-state index contributed by atoms with van der Waals surface area (Å²) in [5.41, 5.74) is 5.57. The largest absolute Gasteiger partial charge is 0.453 e. The number of nitrogens with zero attached hydrogens (tertiary/aromatic N) is 2. The molecule has 0 radical (unpaired) electrons. The Bertz CT molecular complexity index is 1730. The second-order valence-corrected chi connectivity index (χ2v) is 11.5. The molecule has 0 unspecified atom stereocenters. The summed E-state index contributed by atoms with van der Waals surface area (Å²) in [4.78, 5) is 31.4. The van der Waals surface area contributed by atoms with Gasteiger partial charge in [0.1, 0.15) is 11.9 Å². The molecule has 3 N–H and O–H groups in total. The highest BCUT2D eigenvalue weighted by Gasteiger charge is 2.33.